The number of likely N-dealkylation sites (N-methyl/N-ethyl adjacent to an activating group) is 1. The van der Waals surface area contributed by atoms with E-state index in [9.17, 15) is 9.90 Å². The number of hydrogen-bond acceptors (Lipinski definition) is 3. The van der Waals surface area contributed by atoms with Gasteiger partial charge in [-0.2, -0.15) is 0 Å². The normalized spacial score (nSPS) is 12.2. The second-order valence-electron chi connectivity index (χ2n) is 5.07. The summed E-state index contributed by atoms with van der Waals surface area (Å²) in [5.74, 6) is 0.105. The maximum Gasteiger partial charge on any atom is 0.222 e. The van der Waals surface area contributed by atoms with Gasteiger partial charge in [0, 0.05) is 13.0 Å². The van der Waals surface area contributed by atoms with Crippen LogP contribution in [0.5, 0.6) is 0 Å². The molecule has 0 bridgehead atoms. The molecule has 0 aromatic heterocycles. The van der Waals surface area contributed by atoms with Crippen LogP contribution in [0.1, 0.15) is 37.0 Å². The van der Waals surface area contributed by atoms with Crippen molar-refractivity contribution in [3.05, 3.63) is 35.4 Å². The summed E-state index contributed by atoms with van der Waals surface area (Å²) >= 11 is 0. The second kappa shape index (κ2) is 8.72. The van der Waals surface area contributed by atoms with Crippen LogP contribution in [0.2, 0.25) is 0 Å². The minimum Gasteiger partial charge on any atom is -0.387 e. The van der Waals surface area contributed by atoms with E-state index in [-0.39, 0.29) is 5.91 Å². The summed E-state index contributed by atoms with van der Waals surface area (Å²) in [6.07, 6.45) is 0.727. The van der Waals surface area contributed by atoms with Crippen molar-refractivity contribution in [2.75, 3.05) is 26.7 Å². The monoisotopic (exact) mass is 278 g/mol. The van der Waals surface area contributed by atoms with Crippen LogP contribution in [0.15, 0.2) is 24.3 Å². The van der Waals surface area contributed by atoms with Crippen LogP contribution in [0, 0.1) is 6.92 Å². The minimum absolute atomic E-state index is 0.105. The zero-order valence-corrected chi connectivity index (χ0v) is 12.7. The number of nitrogens with zero attached hydrogens (tertiary/aromatic N) is 1. The Morgan fingerprint density at radius 1 is 1.35 bits per heavy atom. The average molecular weight is 278 g/mol. The van der Waals surface area contributed by atoms with Gasteiger partial charge >= 0.3 is 0 Å². The number of carbonyl (C=O) groups excluding carboxylic acids is 1. The first-order valence-corrected chi connectivity index (χ1v) is 7.25. The van der Waals surface area contributed by atoms with Crippen LogP contribution in [0.25, 0.3) is 0 Å². The molecule has 1 atom stereocenters. The van der Waals surface area contributed by atoms with Crippen molar-refractivity contribution >= 4 is 5.91 Å². The van der Waals surface area contributed by atoms with Gasteiger partial charge in [-0.25, -0.2) is 0 Å². The van der Waals surface area contributed by atoms with Gasteiger partial charge in [0.15, 0.2) is 0 Å². The van der Waals surface area contributed by atoms with Crippen LogP contribution < -0.4 is 5.32 Å². The highest BCUT2D eigenvalue weighted by Crippen LogP contribution is 2.15. The highest BCUT2D eigenvalue weighted by atomic mass is 16.3. The van der Waals surface area contributed by atoms with Crippen LogP contribution in [-0.4, -0.2) is 42.6 Å². The van der Waals surface area contributed by atoms with Gasteiger partial charge in [0.05, 0.1) is 12.6 Å². The summed E-state index contributed by atoms with van der Waals surface area (Å²) in [4.78, 5) is 13.8. The molecule has 1 aromatic rings. The molecule has 1 rings (SSSR count). The third kappa shape index (κ3) is 5.31. The van der Waals surface area contributed by atoms with Crippen molar-refractivity contribution in [3.63, 3.8) is 0 Å². The number of amides is 1. The topological polar surface area (TPSA) is 52.6 Å². The number of hydrogen-bond donors (Lipinski definition) is 2. The van der Waals surface area contributed by atoms with E-state index in [0.717, 1.165) is 24.1 Å². The number of benzene rings is 1. The standard InChI is InChI=1S/C16H26N2O2/c1-4-18(16(20)6-5-11-17-3)12-15(19)14-9-7-13(2)8-10-14/h7-10,15,17,19H,4-6,11-12H2,1-3H3. The summed E-state index contributed by atoms with van der Waals surface area (Å²) in [6.45, 7) is 5.78. The highest BCUT2D eigenvalue weighted by Gasteiger charge is 2.16. The van der Waals surface area contributed by atoms with Gasteiger partial charge in [0.25, 0.3) is 0 Å². The molecule has 0 aliphatic carbocycles. The van der Waals surface area contributed by atoms with Crippen LogP contribution in [0.3, 0.4) is 0 Å². The maximum absolute atomic E-state index is 12.1. The molecule has 0 radical (unpaired) electrons. The molecule has 112 valence electrons. The molecule has 1 unspecified atom stereocenters. The third-order valence-electron chi connectivity index (χ3n) is 3.41. The quantitative estimate of drug-likeness (QED) is 0.714. The van der Waals surface area contributed by atoms with E-state index in [1.165, 1.54) is 0 Å². The Kier molecular flexibility index (Phi) is 7.26. The zero-order chi connectivity index (χ0) is 15.0. The van der Waals surface area contributed by atoms with E-state index >= 15 is 0 Å². The van der Waals surface area contributed by atoms with Crippen molar-refractivity contribution < 1.29 is 9.90 Å². The predicted octanol–water partition coefficient (Wildman–Crippen LogP) is 1.88. The third-order valence-corrected chi connectivity index (χ3v) is 3.41. The number of carbonyl (C=O) groups is 1. The van der Waals surface area contributed by atoms with E-state index in [4.69, 9.17) is 0 Å². The molecule has 0 heterocycles. The molecule has 20 heavy (non-hydrogen) atoms. The smallest absolute Gasteiger partial charge is 0.222 e. The summed E-state index contributed by atoms with van der Waals surface area (Å²) in [7, 11) is 1.88. The summed E-state index contributed by atoms with van der Waals surface area (Å²) in [5.41, 5.74) is 2.02. The summed E-state index contributed by atoms with van der Waals surface area (Å²) in [5, 5.41) is 13.3. The molecule has 0 aliphatic heterocycles. The number of rotatable bonds is 8. The zero-order valence-electron chi connectivity index (χ0n) is 12.7. The van der Waals surface area contributed by atoms with E-state index in [0.29, 0.717) is 19.5 Å². The molecule has 0 saturated carbocycles. The van der Waals surface area contributed by atoms with E-state index in [2.05, 4.69) is 5.32 Å². The lowest BCUT2D eigenvalue weighted by atomic mass is 10.1. The Morgan fingerprint density at radius 3 is 2.55 bits per heavy atom. The fraction of sp³-hybridized carbons (Fsp3) is 0.562. The first-order chi connectivity index (χ1) is 9.58. The van der Waals surface area contributed by atoms with E-state index in [1.807, 2.05) is 45.2 Å². The molecular weight excluding hydrogens is 252 g/mol. The van der Waals surface area contributed by atoms with Gasteiger partial charge in [0.2, 0.25) is 5.91 Å². The lowest BCUT2D eigenvalue weighted by Crippen LogP contribution is -2.34. The van der Waals surface area contributed by atoms with Crippen LogP contribution in [0.4, 0.5) is 0 Å². The molecule has 4 nitrogen and oxygen atoms in total. The molecule has 1 amide bonds. The van der Waals surface area contributed by atoms with E-state index < -0.39 is 6.10 Å². The highest BCUT2D eigenvalue weighted by molar-refractivity contribution is 5.76. The predicted molar refractivity (Wildman–Crippen MR) is 81.6 cm³/mol. The van der Waals surface area contributed by atoms with Crippen molar-refractivity contribution in [1.29, 1.82) is 0 Å². The number of aliphatic hydroxyl groups is 1. The Bertz CT molecular complexity index is 403. The molecule has 2 N–H and O–H groups in total. The lowest BCUT2D eigenvalue weighted by molar-refractivity contribution is -0.132. The van der Waals surface area contributed by atoms with Gasteiger partial charge < -0.3 is 15.3 Å². The Hall–Kier alpha value is -1.39. The molecule has 1 aromatic carbocycles. The fourth-order valence-corrected chi connectivity index (χ4v) is 2.08. The summed E-state index contributed by atoms with van der Waals surface area (Å²) < 4.78 is 0. The average Bonchev–Trinajstić information content (AvgIpc) is 2.45. The summed E-state index contributed by atoms with van der Waals surface area (Å²) in [6, 6.07) is 7.78. The van der Waals surface area contributed by atoms with Gasteiger partial charge in [-0.3, -0.25) is 4.79 Å². The molecule has 0 saturated heterocycles. The number of nitrogens with one attached hydrogen (secondary N) is 1. The van der Waals surface area contributed by atoms with Crippen LogP contribution in [-0.2, 0) is 4.79 Å². The molecule has 0 fully saturated rings. The van der Waals surface area contributed by atoms with Gasteiger partial charge in [-0.1, -0.05) is 29.8 Å². The first kappa shape index (κ1) is 16.7. The Labute approximate surface area is 121 Å². The van der Waals surface area contributed by atoms with Crippen molar-refractivity contribution in [2.24, 2.45) is 0 Å². The van der Waals surface area contributed by atoms with Crippen LogP contribution >= 0.6 is 0 Å². The molecule has 0 spiro atoms. The number of aliphatic hydroxyl groups excluding tert-OH is 1. The van der Waals surface area contributed by atoms with Gasteiger partial charge in [0.1, 0.15) is 0 Å². The van der Waals surface area contributed by atoms with Crippen molar-refractivity contribution in [1.82, 2.24) is 10.2 Å². The SMILES string of the molecule is CCN(CC(O)c1ccc(C)cc1)C(=O)CCCNC. The fourth-order valence-electron chi connectivity index (χ4n) is 2.08. The maximum atomic E-state index is 12.1. The Balaban J connectivity index is 2.54. The second-order valence-corrected chi connectivity index (χ2v) is 5.07. The van der Waals surface area contributed by atoms with E-state index in [1.54, 1.807) is 4.90 Å². The molecular formula is C16H26N2O2. The first-order valence-electron chi connectivity index (χ1n) is 7.25. The van der Waals surface area contributed by atoms with Crippen molar-refractivity contribution in [3.8, 4) is 0 Å². The molecule has 4 heteroatoms. The minimum atomic E-state index is -0.621. The van der Waals surface area contributed by atoms with Gasteiger partial charge in [-0.05, 0) is 39.4 Å². The van der Waals surface area contributed by atoms with Crippen molar-refractivity contribution in [2.45, 2.75) is 32.8 Å². The number of aryl methyl sites for hydroxylation is 1. The van der Waals surface area contributed by atoms with Gasteiger partial charge in [-0.15, -0.1) is 0 Å². The Morgan fingerprint density at radius 2 is 2.00 bits per heavy atom. The molecule has 0 aliphatic rings. The largest absolute Gasteiger partial charge is 0.387 e. The lowest BCUT2D eigenvalue weighted by Gasteiger charge is -2.24.